The number of hydrogen-bond acceptors (Lipinski definition) is 3. The van der Waals surface area contributed by atoms with Crippen LogP contribution in [0.2, 0.25) is 0 Å². The third-order valence-electron chi connectivity index (χ3n) is 5.84. The maximum atomic E-state index is 13.7. The summed E-state index contributed by atoms with van der Waals surface area (Å²) in [6.07, 6.45) is 1.97. The van der Waals surface area contributed by atoms with Gasteiger partial charge in [-0.2, -0.15) is 0 Å². The van der Waals surface area contributed by atoms with Gasteiger partial charge in [-0.3, -0.25) is 9.89 Å². The minimum Gasteiger partial charge on any atom is -0.366 e. The van der Waals surface area contributed by atoms with Gasteiger partial charge in [-0.15, -0.1) is 0 Å². The van der Waals surface area contributed by atoms with E-state index in [1.54, 1.807) is 4.52 Å². The highest BCUT2D eigenvalue weighted by atomic mass is 19.1. The summed E-state index contributed by atoms with van der Waals surface area (Å²) in [5.74, 6) is 0.265. The molecule has 2 saturated heterocycles. The lowest BCUT2D eigenvalue weighted by Crippen LogP contribution is -2.14. The zero-order chi connectivity index (χ0) is 14.8. The second-order valence-electron chi connectivity index (χ2n) is 6.59. The first kappa shape index (κ1) is 11.2. The highest BCUT2D eigenvalue weighted by Gasteiger charge is 2.90. The van der Waals surface area contributed by atoms with E-state index in [0.29, 0.717) is 23.0 Å². The molecule has 22 heavy (non-hydrogen) atoms. The first-order valence-corrected chi connectivity index (χ1v) is 7.37. The third kappa shape index (κ3) is 0.945. The smallest absolute Gasteiger partial charge is 0.251 e. The summed E-state index contributed by atoms with van der Waals surface area (Å²) in [7, 11) is 0. The summed E-state index contributed by atoms with van der Waals surface area (Å²) in [6.45, 7) is 1.06. The van der Waals surface area contributed by atoms with Crippen LogP contribution >= 0.6 is 0 Å². The molecule has 0 radical (unpaired) electrons. The van der Waals surface area contributed by atoms with Crippen molar-refractivity contribution in [2.24, 2.45) is 17.6 Å². The molecule has 4 fully saturated rings. The first-order valence-electron chi connectivity index (χ1n) is 7.37. The maximum absolute atomic E-state index is 13.7. The maximum Gasteiger partial charge on any atom is 0.251 e. The number of primary amides is 1. The molecule has 2 aliphatic carbocycles. The van der Waals surface area contributed by atoms with E-state index in [-0.39, 0.29) is 11.0 Å². The van der Waals surface area contributed by atoms with Gasteiger partial charge < -0.3 is 11.1 Å². The summed E-state index contributed by atoms with van der Waals surface area (Å²) in [5.41, 5.74) is 8.71. The van der Waals surface area contributed by atoms with Crippen molar-refractivity contribution in [1.29, 1.82) is 0 Å². The van der Waals surface area contributed by atoms with Crippen LogP contribution in [-0.4, -0.2) is 33.1 Å². The lowest BCUT2D eigenvalue weighted by Gasteiger charge is -2.03. The van der Waals surface area contributed by atoms with Gasteiger partial charge in [-0.25, -0.2) is 13.9 Å². The highest BCUT2D eigenvalue weighted by Crippen LogP contribution is 2.83. The van der Waals surface area contributed by atoms with E-state index >= 15 is 0 Å². The molecule has 4 unspecified atom stereocenters. The molecule has 4 atom stereocenters. The normalized spacial score (nSPS) is 34.3. The number of aromatic nitrogens is 3. The molecule has 1 amide bonds. The molecule has 110 valence electrons. The number of hydrogen-bond donors (Lipinski definition) is 3. The molecule has 2 bridgehead atoms. The molecule has 0 spiro atoms. The van der Waals surface area contributed by atoms with Crippen molar-refractivity contribution in [3.8, 4) is 0 Å². The Kier molecular flexibility index (Phi) is 1.54. The van der Waals surface area contributed by atoms with Gasteiger partial charge in [-0.1, -0.05) is 0 Å². The Morgan fingerprint density at radius 2 is 2.36 bits per heavy atom. The first-order chi connectivity index (χ1) is 10.6. The Bertz CT molecular complexity index is 996. The SMILES string of the molecule is NC(=O)c1cc(F)cc2nc3c(C45C6CNC4C65)c[nH]n3c12. The summed E-state index contributed by atoms with van der Waals surface area (Å²) in [6, 6.07) is 3.07. The van der Waals surface area contributed by atoms with E-state index in [1.807, 2.05) is 6.20 Å². The molecule has 2 saturated carbocycles. The quantitative estimate of drug-likeness (QED) is 0.644. The van der Waals surface area contributed by atoms with Crippen molar-refractivity contribution in [3.05, 3.63) is 35.3 Å². The third-order valence-corrected chi connectivity index (χ3v) is 5.84. The Hall–Kier alpha value is -2.41. The van der Waals surface area contributed by atoms with Gasteiger partial charge >= 0.3 is 0 Å². The Balaban J connectivity index is 1.69. The summed E-state index contributed by atoms with van der Waals surface area (Å²) in [4.78, 5) is 16.2. The Morgan fingerprint density at radius 1 is 1.50 bits per heavy atom. The number of amides is 1. The number of carbonyl (C=O) groups is 1. The number of piperidine rings is 1. The molecular formula is C15H12FN5O. The van der Waals surface area contributed by atoms with Gasteiger partial charge in [0.25, 0.3) is 5.91 Å². The lowest BCUT2D eigenvalue weighted by molar-refractivity contribution is 0.100. The fourth-order valence-electron chi connectivity index (χ4n) is 4.87. The Labute approximate surface area is 123 Å². The van der Waals surface area contributed by atoms with E-state index in [0.717, 1.165) is 18.1 Å². The fraction of sp³-hybridized carbons (Fsp3) is 0.333. The highest BCUT2D eigenvalue weighted by molar-refractivity contribution is 6.05. The molecule has 6 nitrogen and oxygen atoms in total. The van der Waals surface area contributed by atoms with Crippen molar-refractivity contribution in [3.63, 3.8) is 0 Å². The van der Waals surface area contributed by atoms with Gasteiger partial charge in [0.15, 0.2) is 5.65 Å². The molecule has 7 heteroatoms. The second-order valence-corrected chi connectivity index (χ2v) is 6.59. The number of carbonyl (C=O) groups excluding carboxylic acids is 1. The minimum absolute atomic E-state index is 0.151. The van der Waals surface area contributed by atoms with Crippen molar-refractivity contribution in [2.75, 3.05) is 6.54 Å². The average Bonchev–Trinajstić information content (AvgIpc) is 2.99. The van der Waals surface area contributed by atoms with E-state index in [4.69, 9.17) is 5.73 Å². The van der Waals surface area contributed by atoms with E-state index < -0.39 is 11.7 Å². The number of rotatable bonds is 2. The van der Waals surface area contributed by atoms with Crippen LogP contribution in [0, 0.1) is 17.7 Å². The number of H-pyrrole nitrogens is 1. The molecular weight excluding hydrogens is 285 g/mol. The largest absolute Gasteiger partial charge is 0.366 e. The zero-order valence-electron chi connectivity index (χ0n) is 11.4. The lowest BCUT2D eigenvalue weighted by atomic mass is 10.0. The van der Waals surface area contributed by atoms with E-state index in [1.165, 1.54) is 17.7 Å². The van der Waals surface area contributed by atoms with Crippen LogP contribution in [-0.2, 0) is 5.41 Å². The van der Waals surface area contributed by atoms with E-state index in [9.17, 15) is 9.18 Å². The predicted molar refractivity (Wildman–Crippen MR) is 76.0 cm³/mol. The Morgan fingerprint density at radius 3 is 3.05 bits per heavy atom. The van der Waals surface area contributed by atoms with Crippen LogP contribution in [0.5, 0.6) is 0 Å². The van der Waals surface area contributed by atoms with Crippen LogP contribution in [0.25, 0.3) is 16.7 Å². The van der Waals surface area contributed by atoms with Gasteiger partial charge in [0.1, 0.15) is 11.3 Å². The number of nitrogens with zero attached hydrogens (tertiary/aromatic N) is 2. The van der Waals surface area contributed by atoms with Crippen LogP contribution in [0.1, 0.15) is 15.9 Å². The number of imidazole rings is 1. The molecule has 1 aromatic carbocycles. The molecule has 3 aromatic rings. The van der Waals surface area contributed by atoms with Crippen molar-refractivity contribution < 1.29 is 9.18 Å². The van der Waals surface area contributed by atoms with Crippen molar-refractivity contribution in [1.82, 2.24) is 19.9 Å². The molecule has 2 aromatic heterocycles. The topological polar surface area (TPSA) is 88.2 Å². The number of fused-ring (bicyclic) bond motifs is 4. The number of aromatic amines is 1. The fourth-order valence-corrected chi connectivity index (χ4v) is 4.87. The number of halogens is 1. The van der Waals surface area contributed by atoms with Gasteiger partial charge in [0.2, 0.25) is 0 Å². The van der Waals surface area contributed by atoms with Gasteiger partial charge in [-0.05, 0) is 24.4 Å². The molecule has 7 rings (SSSR count). The van der Waals surface area contributed by atoms with Crippen LogP contribution in [0.15, 0.2) is 18.3 Å². The minimum atomic E-state index is -0.655. The van der Waals surface area contributed by atoms with E-state index in [2.05, 4.69) is 15.4 Å². The van der Waals surface area contributed by atoms with Crippen LogP contribution in [0.4, 0.5) is 4.39 Å². The number of nitrogens with one attached hydrogen (secondary N) is 2. The standard InChI is InChI=1S/C15H12FN5O/c16-5-1-6(13(17)22)11-9(2-5)20-14-8(4-19-21(11)14)15-7-3-18-12(15)10(7)15/h1-2,4,7,10,12,18-19H,3H2,(H2,17,22). The van der Waals surface area contributed by atoms with Crippen LogP contribution < -0.4 is 11.1 Å². The monoisotopic (exact) mass is 297 g/mol. The average molecular weight is 297 g/mol. The summed E-state index contributed by atoms with van der Waals surface area (Å²) >= 11 is 0. The van der Waals surface area contributed by atoms with Gasteiger partial charge in [0, 0.05) is 29.3 Å². The van der Waals surface area contributed by atoms with Crippen molar-refractivity contribution in [2.45, 2.75) is 11.5 Å². The number of nitrogens with two attached hydrogens (primary N) is 1. The summed E-state index contributed by atoms with van der Waals surface area (Å²) in [5, 5.41) is 6.68. The molecule has 4 N–H and O–H groups in total. The predicted octanol–water partition coefficient (Wildman–Crippen LogP) is 0.523. The molecule has 2 aliphatic heterocycles. The second kappa shape index (κ2) is 3.03. The zero-order valence-corrected chi connectivity index (χ0v) is 11.4. The number of benzene rings is 1. The molecule has 4 aliphatic rings. The molecule has 4 heterocycles. The van der Waals surface area contributed by atoms with Crippen molar-refractivity contribution >= 4 is 22.6 Å². The van der Waals surface area contributed by atoms with Gasteiger partial charge in [0.05, 0.1) is 11.1 Å². The van der Waals surface area contributed by atoms with Crippen LogP contribution in [0.3, 0.4) is 0 Å². The summed E-state index contributed by atoms with van der Waals surface area (Å²) < 4.78 is 15.5.